The van der Waals surface area contributed by atoms with Gasteiger partial charge >= 0.3 is 0 Å². The number of amides is 1. The molecule has 0 fully saturated rings. The fourth-order valence-corrected chi connectivity index (χ4v) is 4.10. The summed E-state index contributed by atoms with van der Waals surface area (Å²) in [6, 6.07) is 18.6. The number of rotatable bonds is 6. The van der Waals surface area contributed by atoms with Gasteiger partial charge in [0.2, 0.25) is 5.91 Å². The van der Waals surface area contributed by atoms with Gasteiger partial charge in [-0.2, -0.15) is 0 Å². The van der Waals surface area contributed by atoms with Crippen LogP contribution in [0, 0.1) is 5.82 Å². The van der Waals surface area contributed by atoms with Crippen molar-refractivity contribution in [3.8, 4) is 0 Å². The normalized spacial score (nSPS) is 15.4. The fourth-order valence-electron chi connectivity index (χ4n) is 3.93. The van der Waals surface area contributed by atoms with E-state index in [0.29, 0.717) is 33.4 Å². The molecular formula is C28H28ClFN4O. The monoisotopic (exact) mass is 490 g/mol. The van der Waals surface area contributed by atoms with Crippen molar-refractivity contribution in [2.24, 2.45) is 4.99 Å². The summed E-state index contributed by atoms with van der Waals surface area (Å²) in [5.74, 6) is 0.0324. The van der Waals surface area contributed by atoms with Crippen molar-refractivity contribution < 1.29 is 9.18 Å². The molecule has 0 saturated carbocycles. The van der Waals surface area contributed by atoms with Gasteiger partial charge in [0.25, 0.3) is 0 Å². The van der Waals surface area contributed by atoms with Crippen molar-refractivity contribution in [3.05, 3.63) is 107 Å². The minimum Gasteiger partial charge on any atom is -0.368 e. The molecule has 0 saturated heterocycles. The fraction of sp³-hybridized carbons (Fsp3) is 0.214. The highest BCUT2D eigenvalue weighted by atomic mass is 35.5. The average molecular weight is 491 g/mol. The molecule has 0 radical (unpaired) electrons. The average Bonchev–Trinajstić information content (AvgIpc) is 2.91. The van der Waals surface area contributed by atoms with Crippen LogP contribution in [0.5, 0.6) is 0 Å². The first kappa shape index (κ1) is 24.5. The Morgan fingerprint density at radius 2 is 1.83 bits per heavy atom. The zero-order valence-corrected chi connectivity index (χ0v) is 20.7. The van der Waals surface area contributed by atoms with Crippen molar-refractivity contribution in [2.45, 2.75) is 38.8 Å². The summed E-state index contributed by atoms with van der Waals surface area (Å²) in [6.45, 7) is 10.2. The third-order valence-electron chi connectivity index (χ3n) is 5.43. The van der Waals surface area contributed by atoms with E-state index in [1.165, 1.54) is 6.07 Å². The van der Waals surface area contributed by atoms with Crippen LogP contribution in [0.15, 0.2) is 84.1 Å². The number of nitrogens with one attached hydrogen (secondary N) is 3. The van der Waals surface area contributed by atoms with Gasteiger partial charge < -0.3 is 16.0 Å². The lowest BCUT2D eigenvalue weighted by Gasteiger charge is -2.24. The molecular weight excluding hydrogens is 463 g/mol. The van der Waals surface area contributed by atoms with Crippen LogP contribution in [-0.2, 0) is 11.2 Å². The SMILES string of the molecule is C=C(Nc1ccc(C2=NC(Cc3ccccc3F)C(=O)Nc3ccc(Cl)cc32)cc1)NC(C)(C)C. The maximum atomic E-state index is 14.3. The van der Waals surface area contributed by atoms with Crippen LogP contribution in [0.25, 0.3) is 0 Å². The van der Waals surface area contributed by atoms with Gasteiger partial charge in [-0.15, -0.1) is 0 Å². The molecule has 1 heterocycles. The Hall–Kier alpha value is -3.64. The third kappa shape index (κ3) is 6.08. The Labute approximate surface area is 210 Å². The van der Waals surface area contributed by atoms with Gasteiger partial charge in [0.05, 0.1) is 17.2 Å². The number of hydrogen-bond acceptors (Lipinski definition) is 4. The summed E-state index contributed by atoms with van der Waals surface area (Å²) in [7, 11) is 0. The molecule has 0 bridgehead atoms. The topological polar surface area (TPSA) is 65.5 Å². The van der Waals surface area contributed by atoms with E-state index in [9.17, 15) is 9.18 Å². The Kier molecular flexibility index (Phi) is 6.94. The number of benzodiazepines with no additional fused rings is 1. The molecule has 7 heteroatoms. The Balaban J connectivity index is 1.69. The van der Waals surface area contributed by atoms with Crippen LogP contribution in [-0.4, -0.2) is 23.2 Å². The van der Waals surface area contributed by atoms with Crippen molar-refractivity contribution in [1.29, 1.82) is 0 Å². The van der Waals surface area contributed by atoms with E-state index in [1.807, 2.05) is 24.3 Å². The number of carbonyl (C=O) groups is 1. The van der Waals surface area contributed by atoms with Gasteiger partial charge in [0.15, 0.2) is 0 Å². The van der Waals surface area contributed by atoms with Crippen LogP contribution < -0.4 is 16.0 Å². The van der Waals surface area contributed by atoms with E-state index in [2.05, 4.69) is 43.3 Å². The number of hydrogen-bond donors (Lipinski definition) is 3. The number of halogens is 2. The Morgan fingerprint density at radius 1 is 1.11 bits per heavy atom. The highest BCUT2D eigenvalue weighted by Crippen LogP contribution is 2.29. The van der Waals surface area contributed by atoms with Crippen LogP contribution in [0.2, 0.25) is 5.02 Å². The molecule has 180 valence electrons. The lowest BCUT2D eigenvalue weighted by molar-refractivity contribution is -0.117. The lowest BCUT2D eigenvalue weighted by atomic mass is 10.00. The first-order valence-corrected chi connectivity index (χ1v) is 11.7. The van der Waals surface area contributed by atoms with Crippen molar-refractivity contribution in [3.63, 3.8) is 0 Å². The molecule has 4 rings (SSSR count). The predicted molar refractivity (Wildman–Crippen MR) is 142 cm³/mol. The molecule has 3 aromatic rings. The summed E-state index contributed by atoms with van der Waals surface area (Å²) < 4.78 is 14.3. The van der Waals surface area contributed by atoms with E-state index in [1.54, 1.807) is 36.4 Å². The molecule has 0 aliphatic carbocycles. The van der Waals surface area contributed by atoms with Gasteiger partial charge in [-0.05, 0) is 62.7 Å². The van der Waals surface area contributed by atoms with Crippen LogP contribution >= 0.6 is 11.6 Å². The molecule has 1 unspecified atom stereocenters. The van der Waals surface area contributed by atoms with E-state index in [0.717, 1.165) is 11.3 Å². The zero-order valence-electron chi connectivity index (χ0n) is 20.0. The maximum absolute atomic E-state index is 14.3. The minimum atomic E-state index is -0.804. The van der Waals surface area contributed by atoms with Gasteiger partial charge in [-0.3, -0.25) is 9.79 Å². The van der Waals surface area contributed by atoms with Gasteiger partial charge in [-0.1, -0.05) is 48.5 Å². The number of fused-ring (bicyclic) bond motifs is 1. The van der Waals surface area contributed by atoms with Crippen molar-refractivity contribution >= 4 is 34.6 Å². The molecule has 1 aliphatic rings. The number of anilines is 2. The third-order valence-corrected chi connectivity index (χ3v) is 5.67. The molecule has 3 N–H and O–H groups in total. The standard InChI is InChI=1S/C28H28ClFN4O/c1-17(34-28(2,3)4)31-21-12-9-18(10-13-21)26-22-16-20(29)11-14-24(22)33-27(35)25(32-26)15-19-7-5-6-8-23(19)30/h5-14,16,25,31,34H,1,15H2,2-4H3,(H,33,35). The van der Waals surface area contributed by atoms with Crippen LogP contribution in [0.3, 0.4) is 0 Å². The molecule has 1 amide bonds. The molecule has 0 aromatic heterocycles. The van der Waals surface area contributed by atoms with Gasteiger partial charge in [0, 0.05) is 33.8 Å². The number of aliphatic imine (C=N–C) groups is 1. The van der Waals surface area contributed by atoms with Crippen LogP contribution in [0.4, 0.5) is 15.8 Å². The smallest absolute Gasteiger partial charge is 0.249 e. The van der Waals surface area contributed by atoms with Gasteiger partial charge in [0.1, 0.15) is 11.9 Å². The molecule has 5 nitrogen and oxygen atoms in total. The highest BCUT2D eigenvalue weighted by Gasteiger charge is 2.27. The second-order valence-corrected chi connectivity index (χ2v) is 9.96. The lowest BCUT2D eigenvalue weighted by Crippen LogP contribution is -2.37. The second-order valence-electron chi connectivity index (χ2n) is 9.52. The summed E-state index contributed by atoms with van der Waals surface area (Å²) >= 11 is 6.30. The Bertz CT molecular complexity index is 1300. The minimum absolute atomic E-state index is 0.116. The summed E-state index contributed by atoms with van der Waals surface area (Å²) in [4.78, 5) is 17.9. The van der Waals surface area contributed by atoms with E-state index >= 15 is 0 Å². The molecule has 1 aliphatic heterocycles. The zero-order chi connectivity index (χ0) is 25.2. The highest BCUT2D eigenvalue weighted by molar-refractivity contribution is 6.32. The van der Waals surface area contributed by atoms with E-state index in [-0.39, 0.29) is 23.7 Å². The largest absolute Gasteiger partial charge is 0.368 e. The molecule has 3 aromatic carbocycles. The summed E-state index contributed by atoms with van der Waals surface area (Å²) in [5, 5.41) is 10.0. The number of benzene rings is 3. The molecule has 35 heavy (non-hydrogen) atoms. The summed E-state index contributed by atoms with van der Waals surface area (Å²) in [6.07, 6.45) is 0.141. The second kappa shape index (κ2) is 9.92. The molecule has 0 spiro atoms. The van der Waals surface area contributed by atoms with Crippen molar-refractivity contribution in [2.75, 3.05) is 10.6 Å². The first-order valence-electron chi connectivity index (χ1n) is 11.4. The van der Waals surface area contributed by atoms with Crippen LogP contribution in [0.1, 0.15) is 37.5 Å². The van der Waals surface area contributed by atoms with Gasteiger partial charge in [-0.25, -0.2) is 4.39 Å². The van der Waals surface area contributed by atoms with E-state index in [4.69, 9.17) is 16.6 Å². The number of carbonyl (C=O) groups excluding carboxylic acids is 1. The Morgan fingerprint density at radius 3 is 2.51 bits per heavy atom. The van der Waals surface area contributed by atoms with E-state index < -0.39 is 6.04 Å². The quantitative estimate of drug-likeness (QED) is 0.388. The number of nitrogens with zero attached hydrogens (tertiary/aromatic N) is 1. The summed E-state index contributed by atoms with van der Waals surface area (Å²) in [5.41, 5.74) is 3.91. The molecule has 1 atom stereocenters. The van der Waals surface area contributed by atoms with Crippen molar-refractivity contribution in [1.82, 2.24) is 5.32 Å². The predicted octanol–water partition coefficient (Wildman–Crippen LogP) is 6.15. The first-order chi connectivity index (χ1) is 16.6. The maximum Gasteiger partial charge on any atom is 0.249 e.